The van der Waals surface area contributed by atoms with E-state index in [9.17, 15) is 0 Å². The molecule has 0 aliphatic rings. The molecule has 21 heavy (non-hydrogen) atoms. The van der Waals surface area contributed by atoms with E-state index < -0.39 is 0 Å². The highest BCUT2D eigenvalue weighted by atomic mass is 35.5. The predicted octanol–water partition coefficient (Wildman–Crippen LogP) is 2.97. The average Bonchev–Trinajstić information content (AvgIpc) is 2.90. The molecule has 0 fully saturated rings. The van der Waals surface area contributed by atoms with Gasteiger partial charge in [0.05, 0.1) is 13.2 Å². The van der Waals surface area contributed by atoms with E-state index in [0.717, 1.165) is 35.4 Å². The summed E-state index contributed by atoms with van der Waals surface area (Å²) in [6.45, 7) is 3.99. The number of halogens is 1. The van der Waals surface area contributed by atoms with Gasteiger partial charge in [-0.1, -0.05) is 23.4 Å². The molecule has 1 heterocycles. The van der Waals surface area contributed by atoms with Crippen LogP contribution < -0.4 is 10.5 Å². The molecule has 0 spiro atoms. The van der Waals surface area contributed by atoms with Crippen molar-refractivity contribution in [2.75, 3.05) is 12.4 Å². The zero-order chi connectivity index (χ0) is 15.1. The van der Waals surface area contributed by atoms with Crippen molar-refractivity contribution < 1.29 is 4.74 Å². The Morgan fingerprint density at radius 3 is 2.71 bits per heavy atom. The van der Waals surface area contributed by atoms with Crippen LogP contribution in [0, 0.1) is 0 Å². The SMILES string of the molecule is CCn1c(CN)nnc1SCCCOc1ccc(Cl)cc1. The molecule has 5 nitrogen and oxygen atoms in total. The number of nitrogens with zero attached hydrogens (tertiary/aromatic N) is 3. The molecule has 1 aromatic heterocycles. The van der Waals surface area contributed by atoms with E-state index in [1.54, 1.807) is 11.8 Å². The fraction of sp³-hybridized carbons (Fsp3) is 0.429. The lowest BCUT2D eigenvalue weighted by atomic mass is 10.3. The lowest BCUT2D eigenvalue weighted by Gasteiger charge is -2.07. The van der Waals surface area contributed by atoms with Crippen LogP contribution in [0.15, 0.2) is 29.4 Å². The third-order valence-corrected chi connectivity index (χ3v) is 4.20. The molecule has 114 valence electrons. The Kier molecular flexibility index (Phi) is 6.35. The molecular weight excluding hydrogens is 308 g/mol. The van der Waals surface area contributed by atoms with Gasteiger partial charge in [0.1, 0.15) is 11.6 Å². The smallest absolute Gasteiger partial charge is 0.191 e. The summed E-state index contributed by atoms with van der Waals surface area (Å²) in [4.78, 5) is 0. The Morgan fingerprint density at radius 2 is 2.05 bits per heavy atom. The molecule has 2 rings (SSSR count). The van der Waals surface area contributed by atoms with E-state index in [0.29, 0.717) is 18.2 Å². The largest absolute Gasteiger partial charge is 0.494 e. The van der Waals surface area contributed by atoms with Gasteiger partial charge in [0.2, 0.25) is 0 Å². The van der Waals surface area contributed by atoms with Crippen LogP contribution in [0.1, 0.15) is 19.2 Å². The van der Waals surface area contributed by atoms with E-state index in [-0.39, 0.29) is 0 Å². The summed E-state index contributed by atoms with van der Waals surface area (Å²) in [6.07, 6.45) is 0.932. The highest BCUT2D eigenvalue weighted by Crippen LogP contribution is 2.19. The lowest BCUT2D eigenvalue weighted by Crippen LogP contribution is -2.08. The Balaban J connectivity index is 1.72. The fourth-order valence-corrected chi connectivity index (χ4v) is 2.90. The second-order valence-corrected chi connectivity index (χ2v) is 5.85. The van der Waals surface area contributed by atoms with Crippen molar-refractivity contribution in [2.45, 2.75) is 31.6 Å². The minimum Gasteiger partial charge on any atom is -0.494 e. The summed E-state index contributed by atoms with van der Waals surface area (Å²) in [5, 5.41) is 9.88. The summed E-state index contributed by atoms with van der Waals surface area (Å²) in [5.41, 5.74) is 5.63. The lowest BCUT2D eigenvalue weighted by molar-refractivity contribution is 0.318. The Bertz CT molecular complexity index is 559. The summed E-state index contributed by atoms with van der Waals surface area (Å²) in [6, 6.07) is 7.39. The van der Waals surface area contributed by atoms with Gasteiger partial charge >= 0.3 is 0 Å². The number of nitrogens with two attached hydrogens (primary N) is 1. The van der Waals surface area contributed by atoms with Crippen LogP contribution in [-0.4, -0.2) is 27.1 Å². The molecular formula is C14H19ClN4OS. The van der Waals surface area contributed by atoms with Crippen molar-refractivity contribution in [3.63, 3.8) is 0 Å². The number of thioether (sulfide) groups is 1. The molecule has 2 aromatic rings. The van der Waals surface area contributed by atoms with Crippen LogP contribution in [0.2, 0.25) is 5.02 Å². The second kappa shape index (κ2) is 8.26. The number of benzene rings is 1. The number of ether oxygens (including phenoxy) is 1. The van der Waals surface area contributed by atoms with Crippen LogP contribution in [-0.2, 0) is 13.1 Å². The molecule has 0 aliphatic heterocycles. The van der Waals surface area contributed by atoms with Gasteiger partial charge in [-0.25, -0.2) is 0 Å². The summed E-state index contributed by atoms with van der Waals surface area (Å²) < 4.78 is 7.69. The highest BCUT2D eigenvalue weighted by Gasteiger charge is 2.09. The Hall–Kier alpha value is -1.24. The molecule has 7 heteroatoms. The van der Waals surface area contributed by atoms with Crippen LogP contribution in [0.5, 0.6) is 5.75 Å². The molecule has 0 bridgehead atoms. The van der Waals surface area contributed by atoms with Crippen LogP contribution in [0.25, 0.3) is 0 Å². The highest BCUT2D eigenvalue weighted by molar-refractivity contribution is 7.99. The van der Waals surface area contributed by atoms with Gasteiger partial charge in [0, 0.05) is 17.3 Å². The van der Waals surface area contributed by atoms with Crippen LogP contribution >= 0.6 is 23.4 Å². The molecule has 0 saturated heterocycles. The first-order chi connectivity index (χ1) is 10.2. The predicted molar refractivity (Wildman–Crippen MR) is 85.9 cm³/mol. The first kappa shape index (κ1) is 16.1. The maximum atomic E-state index is 5.82. The quantitative estimate of drug-likeness (QED) is 0.596. The zero-order valence-corrected chi connectivity index (χ0v) is 13.5. The van der Waals surface area contributed by atoms with Crippen molar-refractivity contribution in [1.29, 1.82) is 0 Å². The van der Waals surface area contributed by atoms with Gasteiger partial charge < -0.3 is 15.0 Å². The second-order valence-electron chi connectivity index (χ2n) is 4.35. The Morgan fingerprint density at radius 1 is 1.29 bits per heavy atom. The third kappa shape index (κ3) is 4.62. The van der Waals surface area contributed by atoms with Gasteiger partial charge in [-0.3, -0.25) is 0 Å². The van der Waals surface area contributed by atoms with Crippen LogP contribution in [0.4, 0.5) is 0 Å². The number of hydrogen-bond donors (Lipinski definition) is 1. The average molecular weight is 327 g/mol. The van der Waals surface area contributed by atoms with E-state index in [1.165, 1.54) is 0 Å². The summed E-state index contributed by atoms with van der Waals surface area (Å²) >= 11 is 7.50. The van der Waals surface area contributed by atoms with Gasteiger partial charge in [-0.2, -0.15) is 0 Å². The van der Waals surface area contributed by atoms with Gasteiger partial charge in [-0.15, -0.1) is 10.2 Å². The van der Waals surface area contributed by atoms with Crippen molar-refractivity contribution in [3.05, 3.63) is 35.1 Å². The molecule has 1 aromatic carbocycles. The fourth-order valence-electron chi connectivity index (χ4n) is 1.84. The van der Waals surface area contributed by atoms with Gasteiger partial charge in [0.25, 0.3) is 0 Å². The van der Waals surface area contributed by atoms with Crippen LogP contribution in [0.3, 0.4) is 0 Å². The molecule has 0 saturated carbocycles. The van der Waals surface area contributed by atoms with Gasteiger partial charge in [-0.05, 0) is 37.6 Å². The molecule has 0 aliphatic carbocycles. The van der Waals surface area contributed by atoms with E-state index in [2.05, 4.69) is 17.1 Å². The van der Waals surface area contributed by atoms with Crippen molar-refractivity contribution in [1.82, 2.24) is 14.8 Å². The number of hydrogen-bond acceptors (Lipinski definition) is 5. The minimum absolute atomic E-state index is 0.418. The summed E-state index contributed by atoms with van der Waals surface area (Å²) in [5.74, 6) is 2.60. The first-order valence-electron chi connectivity index (χ1n) is 6.88. The molecule has 0 amide bonds. The number of aromatic nitrogens is 3. The third-order valence-electron chi connectivity index (χ3n) is 2.89. The van der Waals surface area contributed by atoms with Crippen molar-refractivity contribution in [2.24, 2.45) is 5.73 Å². The molecule has 0 atom stereocenters. The Labute approximate surface area is 133 Å². The molecule has 2 N–H and O–H groups in total. The molecule has 0 unspecified atom stereocenters. The van der Waals surface area contributed by atoms with Crippen molar-refractivity contribution in [3.8, 4) is 5.75 Å². The number of rotatable bonds is 8. The standard InChI is InChI=1S/C14H19ClN4OS/c1-2-19-13(10-16)17-18-14(19)21-9-3-8-20-12-6-4-11(15)5-7-12/h4-7H,2-3,8-10,16H2,1H3. The van der Waals surface area contributed by atoms with Crippen molar-refractivity contribution >= 4 is 23.4 Å². The topological polar surface area (TPSA) is 66.0 Å². The first-order valence-corrected chi connectivity index (χ1v) is 8.24. The normalized spacial score (nSPS) is 10.8. The van der Waals surface area contributed by atoms with E-state index >= 15 is 0 Å². The minimum atomic E-state index is 0.418. The maximum Gasteiger partial charge on any atom is 0.191 e. The van der Waals surface area contributed by atoms with Gasteiger partial charge in [0.15, 0.2) is 5.16 Å². The zero-order valence-electron chi connectivity index (χ0n) is 12.0. The molecule has 0 radical (unpaired) electrons. The van der Waals surface area contributed by atoms with E-state index in [4.69, 9.17) is 22.1 Å². The summed E-state index contributed by atoms with van der Waals surface area (Å²) in [7, 11) is 0. The van der Waals surface area contributed by atoms with E-state index in [1.807, 2.05) is 28.8 Å². The monoisotopic (exact) mass is 326 g/mol. The maximum absolute atomic E-state index is 5.82.